The number of imide groups is 1. The zero-order valence-corrected chi connectivity index (χ0v) is 25.7. The van der Waals surface area contributed by atoms with Gasteiger partial charge in [0.15, 0.2) is 0 Å². The Kier molecular flexibility index (Phi) is 8.96. The molecule has 2 atom stereocenters. The van der Waals surface area contributed by atoms with Crippen LogP contribution in [-0.2, 0) is 20.9 Å². The van der Waals surface area contributed by atoms with Crippen LogP contribution in [0.25, 0.3) is 22.4 Å². The fourth-order valence-electron chi connectivity index (χ4n) is 5.84. The van der Waals surface area contributed by atoms with E-state index in [1.54, 1.807) is 14.2 Å². The van der Waals surface area contributed by atoms with Gasteiger partial charge >= 0.3 is 6.03 Å². The van der Waals surface area contributed by atoms with E-state index >= 15 is 0 Å². The highest BCUT2D eigenvalue weighted by Gasteiger charge is 2.39. The van der Waals surface area contributed by atoms with Gasteiger partial charge < -0.3 is 25.6 Å². The number of ether oxygens (including phenoxy) is 1. The molecule has 2 aromatic carbocycles. The summed E-state index contributed by atoms with van der Waals surface area (Å²) < 4.78 is 5.64. The smallest absolute Gasteiger partial charge is 0.326 e. The molecule has 5 amide bonds. The number of aromatic nitrogens is 1. The van der Waals surface area contributed by atoms with Crippen molar-refractivity contribution in [3.05, 3.63) is 65.2 Å². The Morgan fingerprint density at radius 1 is 1.00 bits per heavy atom. The minimum Gasteiger partial charge on any atom is -0.481 e. The Morgan fingerprint density at radius 2 is 1.70 bits per heavy atom. The van der Waals surface area contributed by atoms with Crippen LogP contribution in [0.5, 0.6) is 5.88 Å². The van der Waals surface area contributed by atoms with Crippen molar-refractivity contribution in [3.8, 4) is 28.3 Å². The molecule has 2 aliphatic heterocycles. The molecule has 44 heavy (non-hydrogen) atoms. The Labute approximate surface area is 257 Å². The molecule has 1 unspecified atom stereocenters. The summed E-state index contributed by atoms with van der Waals surface area (Å²) in [6.07, 6.45) is 1.41. The highest BCUT2D eigenvalue weighted by Crippen LogP contribution is 2.36. The molecule has 1 aromatic heterocycles. The zero-order chi connectivity index (χ0) is 31.5. The van der Waals surface area contributed by atoms with Crippen molar-refractivity contribution in [2.45, 2.75) is 39.3 Å². The van der Waals surface area contributed by atoms with Crippen molar-refractivity contribution in [3.63, 3.8) is 0 Å². The van der Waals surface area contributed by atoms with E-state index < -0.39 is 23.8 Å². The van der Waals surface area contributed by atoms with Crippen LogP contribution < -0.4 is 20.7 Å². The summed E-state index contributed by atoms with van der Waals surface area (Å²) in [5, 5.41) is 9.28. The summed E-state index contributed by atoms with van der Waals surface area (Å²) in [6, 6.07) is 15.4. The number of carbonyl (C=O) groups excluding carboxylic acids is 4. The quantitative estimate of drug-likeness (QED) is 0.321. The number of anilines is 1. The predicted molar refractivity (Wildman–Crippen MR) is 167 cm³/mol. The molecule has 3 N–H and O–H groups in total. The number of rotatable bonds is 9. The maximum Gasteiger partial charge on any atom is 0.326 e. The summed E-state index contributed by atoms with van der Waals surface area (Å²) in [5.74, 6) is -1.33. The standard InChI is InChI=1S/C33H38N6O5/c1-19-23(24-9-7-11-27(20(24)2)36-30(41)26-18-38(3)33(43)39(4)32(26)42)8-6-10-25(19)28-14-12-21(31(37-28)44-5)16-34-17-22-13-15-29(40)35-22/h6-12,14,22,26,34H,13,15-18H2,1-5H3,(H,35,40)(H,36,41)/t22-,26?/m0/s1. The third-order valence-electron chi connectivity index (χ3n) is 8.43. The number of urea groups is 1. The Morgan fingerprint density at radius 3 is 2.41 bits per heavy atom. The monoisotopic (exact) mass is 598 g/mol. The second-order valence-electron chi connectivity index (χ2n) is 11.4. The maximum atomic E-state index is 13.2. The lowest BCUT2D eigenvalue weighted by molar-refractivity contribution is -0.140. The van der Waals surface area contributed by atoms with E-state index in [4.69, 9.17) is 9.72 Å². The second kappa shape index (κ2) is 12.8. The van der Waals surface area contributed by atoms with Gasteiger partial charge in [-0.1, -0.05) is 36.4 Å². The van der Waals surface area contributed by atoms with Crippen LogP contribution in [0.15, 0.2) is 48.5 Å². The molecule has 11 nitrogen and oxygen atoms in total. The minimum absolute atomic E-state index is 0.0256. The summed E-state index contributed by atoms with van der Waals surface area (Å²) in [6.45, 7) is 5.24. The molecular weight excluding hydrogens is 560 g/mol. The molecule has 230 valence electrons. The third-order valence-corrected chi connectivity index (χ3v) is 8.43. The summed E-state index contributed by atoms with van der Waals surface area (Å²) in [4.78, 5) is 56.6. The van der Waals surface area contributed by atoms with Crippen molar-refractivity contribution in [2.75, 3.05) is 39.6 Å². The van der Waals surface area contributed by atoms with Crippen LogP contribution in [0.3, 0.4) is 0 Å². The molecule has 5 rings (SSSR count). The number of methoxy groups -OCH3 is 1. The van der Waals surface area contributed by atoms with Crippen molar-refractivity contribution in [2.24, 2.45) is 5.92 Å². The maximum absolute atomic E-state index is 13.2. The van der Waals surface area contributed by atoms with Crippen LogP contribution in [0, 0.1) is 19.8 Å². The molecule has 2 aliphatic rings. The van der Waals surface area contributed by atoms with Crippen LogP contribution in [-0.4, -0.2) is 78.9 Å². The number of amides is 5. The number of nitrogens with one attached hydrogen (secondary N) is 3. The van der Waals surface area contributed by atoms with E-state index in [-0.39, 0.29) is 18.5 Å². The van der Waals surface area contributed by atoms with Crippen LogP contribution in [0.1, 0.15) is 29.5 Å². The fourth-order valence-corrected chi connectivity index (χ4v) is 5.84. The van der Waals surface area contributed by atoms with Gasteiger partial charge in [-0.25, -0.2) is 9.78 Å². The lowest BCUT2D eigenvalue weighted by Gasteiger charge is -2.33. The molecule has 0 spiro atoms. The molecular formula is C33H38N6O5. The topological polar surface area (TPSA) is 133 Å². The van der Waals surface area contributed by atoms with E-state index in [1.165, 1.54) is 11.9 Å². The molecule has 3 heterocycles. The Hall–Kier alpha value is -4.77. The average Bonchev–Trinajstić information content (AvgIpc) is 3.44. The van der Waals surface area contributed by atoms with E-state index in [1.807, 2.05) is 62.4 Å². The van der Waals surface area contributed by atoms with Gasteiger partial charge in [0.25, 0.3) is 0 Å². The van der Waals surface area contributed by atoms with E-state index in [2.05, 4.69) is 16.0 Å². The highest BCUT2D eigenvalue weighted by molar-refractivity contribution is 6.12. The Balaban J connectivity index is 1.35. The second-order valence-corrected chi connectivity index (χ2v) is 11.4. The first-order chi connectivity index (χ1) is 21.1. The van der Waals surface area contributed by atoms with Gasteiger partial charge in [-0.05, 0) is 54.7 Å². The third kappa shape index (κ3) is 6.14. The Bertz CT molecular complexity index is 1620. The SMILES string of the molecule is COc1nc(-c2cccc(-c3cccc(NC(=O)C4CN(C)C(=O)N(C)C4=O)c3C)c2C)ccc1CNC[C@@H]1CCC(=O)N1. The van der Waals surface area contributed by atoms with Crippen LogP contribution >= 0.6 is 0 Å². The normalized spacial score (nSPS) is 18.4. The van der Waals surface area contributed by atoms with E-state index in [9.17, 15) is 19.2 Å². The molecule has 3 aromatic rings. The van der Waals surface area contributed by atoms with Gasteiger partial charge in [0.1, 0.15) is 5.92 Å². The summed E-state index contributed by atoms with van der Waals surface area (Å²) in [7, 11) is 4.56. The zero-order valence-electron chi connectivity index (χ0n) is 25.7. The number of carbonyl (C=O) groups is 4. The number of pyridine rings is 1. The van der Waals surface area contributed by atoms with Crippen molar-refractivity contribution < 1.29 is 23.9 Å². The van der Waals surface area contributed by atoms with Crippen LogP contribution in [0.4, 0.5) is 10.5 Å². The number of nitrogens with zero attached hydrogens (tertiary/aromatic N) is 3. The number of hydrogen-bond acceptors (Lipinski definition) is 7. The molecule has 11 heteroatoms. The molecule has 0 saturated carbocycles. The molecule has 0 aliphatic carbocycles. The van der Waals surface area contributed by atoms with Crippen molar-refractivity contribution >= 4 is 29.4 Å². The number of hydrogen-bond donors (Lipinski definition) is 3. The molecule has 2 saturated heterocycles. The first kappa shape index (κ1) is 30.7. The first-order valence-corrected chi connectivity index (χ1v) is 14.7. The lowest BCUT2D eigenvalue weighted by Crippen LogP contribution is -2.56. The van der Waals surface area contributed by atoms with Gasteiger partial charge in [0, 0.05) is 63.0 Å². The van der Waals surface area contributed by atoms with Gasteiger partial charge in [0.2, 0.25) is 23.6 Å². The predicted octanol–water partition coefficient (Wildman–Crippen LogP) is 3.49. The minimum atomic E-state index is -0.987. The fraction of sp³-hybridized carbons (Fsp3) is 0.364. The van der Waals surface area contributed by atoms with Gasteiger partial charge in [0.05, 0.1) is 12.8 Å². The average molecular weight is 599 g/mol. The van der Waals surface area contributed by atoms with Gasteiger partial charge in [-0.3, -0.25) is 19.3 Å². The molecule has 2 fully saturated rings. The lowest BCUT2D eigenvalue weighted by atomic mass is 9.91. The largest absolute Gasteiger partial charge is 0.481 e. The molecule has 0 radical (unpaired) electrons. The van der Waals surface area contributed by atoms with Crippen molar-refractivity contribution in [1.82, 2.24) is 25.4 Å². The van der Waals surface area contributed by atoms with Gasteiger partial charge in [-0.2, -0.15) is 0 Å². The number of benzene rings is 2. The highest BCUT2D eigenvalue weighted by atomic mass is 16.5. The van der Waals surface area contributed by atoms with Gasteiger partial charge in [-0.15, -0.1) is 0 Å². The van der Waals surface area contributed by atoms with Crippen molar-refractivity contribution in [1.29, 1.82) is 0 Å². The molecule has 0 bridgehead atoms. The van der Waals surface area contributed by atoms with E-state index in [0.717, 1.165) is 50.4 Å². The summed E-state index contributed by atoms with van der Waals surface area (Å²) in [5.41, 5.74) is 7.04. The first-order valence-electron chi connectivity index (χ1n) is 14.7. The van der Waals surface area contributed by atoms with E-state index in [0.29, 0.717) is 31.1 Å². The summed E-state index contributed by atoms with van der Waals surface area (Å²) >= 11 is 0. The van der Waals surface area contributed by atoms with Crippen LogP contribution in [0.2, 0.25) is 0 Å².